The van der Waals surface area contributed by atoms with Crippen LogP contribution in [0.2, 0.25) is 0 Å². The van der Waals surface area contributed by atoms with Crippen LogP contribution in [0, 0.1) is 10.1 Å². The number of hydrogen-bond acceptors (Lipinski definition) is 5. The average Bonchev–Trinajstić information content (AvgIpc) is 2.75. The number of carbonyl (C=O) groups is 2. The van der Waals surface area contributed by atoms with Gasteiger partial charge in [0.1, 0.15) is 5.69 Å². The van der Waals surface area contributed by atoms with E-state index in [1.54, 1.807) is 20.8 Å². The Morgan fingerprint density at radius 2 is 2.00 bits per heavy atom. The van der Waals surface area contributed by atoms with E-state index in [-0.39, 0.29) is 16.9 Å². The third kappa shape index (κ3) is 3.47. The monoisotopic (exact) mass is 296 g/mol. The van der Waals surface area contributed by atoms with Crippen LogP contribution in [0.25, 0.3) is 6.08 Å². The van der Waals surface area contributed by atoms with Crippen LogP contribution in [-0.2, 0) is 14.9 Å². The molecule has 21 heavy (non-hydrogen) atoms. The third-order valence-electron chi connectivity index (χ3n) is 2.79. The molecule has 1 rings (SSSR count). The molecule has 1 aromatic rings. The van der Waals surface area contributed by atoms with Crippen molar-refractivity contribution >= 4 is 23.8 Å². The molecule has 0 amide bonds. The van der Waals surface area contributed by atoms with Crippen molar-refractivity contribution in [2.24, 2.45) is 0 Å². The first-order valence-corrected chi connectivity index (χ1v) is 5.99. The second kappa shape index (κ2) is 5.78. The number of aromatic nitrogens is 1. The molecule has 0 spiro atoms. The van der Waals surface area contributed by atoms with Crippen molar-refractivity contribution in [1.82, 2.24) is 4.57 Å². The summed E-state index contributed by atoms with van der Waals surface area (Å²) in [5.74, 6) is -0.736. The second-order valence-corrected chi connectivity index (χ2v) is 5.29. The largest absolute Gasteiger partial charge is 0.466 e. The van der Waals surface area contributed by atoms with Crippen molar-refractivity contribution < 1.29 is 24.4 Å². The molecule has 1 aromatic heterocycles. The van der Waals surface area contributed by atoms with Gasteiger partial charge in [-0.05, 0) is 11.5 Å². The molecule has 0 saturated heterocycles. The molecule has 0 atom stereocenters. The number of methoxy groups -OCH3 is 1. The molecule has 0 bridgehead atoms. The molecular formula is C13H16N2O6. The zero-order valence-corrected chi connectivity index (χ0v) is 12.1. The summed E-state index contributed by atoms with van der Waals surface area (Å²) in [6.07, 6.45) is 1.82. The van der Waals surface area contributed by atoms with Gasteiger partial charge in [0.05, 0.1) is 17.6 Å². The molecule has 0 aliphatic carbocycles. The van der Waals surface area contributed by atoms with Gasteiger partial charge in [-0.3, -0.25) is 10.1 Å². The zero-order valence-electron chi connectivity index (χ0n) is 12.1. The Bertz CT molecular complexity index is 621. The molecule has 0 saturated carbocycles. The fraction of sp³-hybridized carbons (Fsp3) is 0.385. The van der Waals surface area contributed by atoms with Crippen molar-refractivity contribution in [3.05, 3.63) is 33.6 Å². The maximum atomic E-state index is 11.3. The summed E-state index contributed by atoms with van der Waals surface area (Å²) in [5.41, 5.74) is -0.899. The van der Waals surface area contributed by atoms with Crippen LogP contribution in [0.15, 0.2) is 12.3 Å². The number of hydrogen-bond donors (Lipinski definition) is 1. The maximum absolute atomic E-state index is 11.3. The van der Waals surface area contributed by atoms with E-state index < -0.39 is 22.4 Å². The minimum Gasteiger partial charge on any atom is -0.466 e. The summed E-state index contributed by atoms with van der Waals surface area (Å²) in [7, 11) is 1.15. The van der Waals surface area contributed by atoms with Crippen LogP contribution in [-0.4, -0.2) is 33.8 Å². The standard InChI is InChI=1S/C13H16N2O6/c1-13(2,3)8-7-14(12(17)18)9(11(8)15(19)20)5-6-10(16)21-4/h5-7H,1-4H3,(H,17,18). The molecule has 0 aliphatic rings. The van der Waals surface area contributed by atoms with Gasteiger partial charge in [0.2, 0.25) is 0 Å². The summed E-state index contributed by atoms with van der Waals surface area (Å²) >= 11 is 0. The lowest BCUT2D eigenvalue weighted by Crippen LogP contribution is -2.12. The van der Waals surface area contributed by atoms with Gasteiger partial charge >= 0.3 is 12.1 Å². The first kappa shape index (κ1) is 16.4. The highest BCUT2D eigenvalue weighted by atomic mass is 16.6. The topological polar surface area (TPSA) is 112 Å². The van der Waals surface area contributed by atoms with Crippen LogP contribution in [0.4, 0.5) is 10.5 Å². The Morgan fingerprint density at radius 1 is 1.43 bits per heavy atom. The average molecular weight is 296 g/mol. The minimum atomic E-state index is -1.38. The van der Waals surface area contributed by atoms with E-state index in [1.807, 2.05) is 0 Å². The molecule has 0 aromatic carbocycles. The molecule has 8 nitrogen and oxygen atoms in total. The van der Waals surface area contributed by atoms with Gasteiger partial charge in [-0.2, -0.15) is 0 Å². The van der Waals surface area contributed by atoms with E-state index in [1.165, 1.54) is 6.20 Å². The highest BCUT2D eigenvalue weighted by molar-refractivity contribution is 5.89. The van der Waals surface area contributed by atoms with E-state index in [9.17, 15) is 19.7 Å². The minimum absolute atomic E-state index is 0.192. The highest BCUT2D eigenvalue weighted by Crippen LogP contribution is 2.36. The predicted molar refractivity (Wildman–Crippen MR) is 74.3 cm³/mol. The summed E-state index contributed by atoms with van der Waals surface area (Å²) in [4.78, 5) is 33.0. The number of rotatable bonds is 3. The molecule has 0 fully saturated rings. The van der Waals surface area contributed by atoms with Gasteiger partial charge in [0, 0.05) is 12.3 Å². The number of nitro groups is 1. The van der Waals surface area contributed by atoms with E-state index in [0.717, 1.165) is 23.8 Å². The Hall–Kier alpha value is -2.64. The van der Waals surface area contributed by atoms with Gasteiger partial charge in [0.15, 0.2) is 0 Å². The van der Waals surface area contributed by atoms with Gasteiger partial charge in [-0.25, -0.2) is 14.2 Å². The predicted octanol–water partition coefficient (Wildman–Crippen LogP) is 2.41. The van der Waals surface area contributed by atoms with Gasteiger partial charge < -0.3 is 9.84 Å². The Labute approximate surface area is 120 Å². The number of esters is 1. The van der Waals surface area contributed by atoms with E-state index >= 15 is 0 Å². The normalized spacial score (nSPS) is 11.6. The fourth-order valence-corrected chi connectivity index (χ4v) is 1.79. The molecule has 8 heteroatoms. The van der Waals surface area contributed by atoms with Crippen molar-refractivity contribution in [2.75, 3.05) is 7.11 Å². The van der Waals surface area contributed by atoms with E-state index in [4.69, 9.17) is 5.11 Å². The fourth-order valence-electron chi connectivity index (χ4n) is 1.79. The van der Waals surface area contributed by atoms with Crippen molar-refractivity contribution in [1.29, 1.82) is 0 Å². The smallest absolute Gasteiger partial charge is 0.416 e. The van der Waals surface area contributed by atoms with Gasteiger partial charge in [-0.1, -0.05) is 20.8 Å². The Balaban J connectivity index is 3.62. The summed E-state index contributed by atoms with van der Waals surface area (Å²) in [6, 6.07) is 0. The van der Waals surface area contributed by atoms with Gasteiger partial charge in [-0.15, -0.1) is 0 Å². The number of nitrogens with zero attached hydrogens (tertiary/aromatic N) is 2. The molecule has 1 N–H and O–H groups in total. The van der Waals surface area contributed by atoms with Crippen molar-refractivity contribution in [2.45, 2.75) is 26.2 Å². The SMILES string of the molecule is COC(=O)C=Cc1c([N+](=O)[O-])c(C(C)(C)C)cn1C(=O)O. The summed E-state index contributed by atoms with van der Waals surface area (Å²) in [6.45, 7) is 5.19. The van der Waals surface area contributed by atoms with Crippen LogP contribution < -0.4 is 0 Å². The number of ether oxygens (including phenoxy) is 1. The molecule has 0 aliphatic heterocycles. The molecule has 114 valence electrons. The van der Waals surface area contributed by atoms with Crippen LogP contribution >= 0.6 is 0 Å². The lowest BCUT2D eigenvalue weighted by molar-refractivity contribution is -0.386. The lowest BCUT2D eigenvalue weighted by Gasteiger charge is -2.15. The Kier molecular flexibility index (Phi) is 4.52. The molecule has 0 radical (unpaired) electrons. The quantitative estimate of drug-likeness (QED) is 0.396. The maximum Gasteiger partial charge on any atom is 0.416 e. The lowest BCUT2D eigenvalue weighted by atomic mass is 9.88. The van der Waals surface area contributed by atoms with Crippen LogP contribution in [0.5, 0.6) is 0 Å². The number of carbonyl (C=O) groups excluding carboxylic acids is 1. The summed E-state index contributed by atoms with van der Waals surface area (Å²) in [5, 5.41) is 20.5. The highest BCUT2D eigenvalue weighted by Gasteiger charge is 2.33. The first-order valence-electron chi connectivity index (χ1n) is 5.99. The van der Waals surface area contributed by atoms with Crippen LogP contribution in [0.3, 0.4) is 0 Å². The zero-order chi connectivity index (χ0) is 16.4. The molecular weight excluding hydrogens is 280 g/mol. The van der Waals surface area contributed by atoms with Crippen molar-refractivity contribution in [3.8, 4) is 0 Å². The van der Waals surface area contributed by atoms with E-state index in [0.29, 0.717) is 0 Å². The molecule has 1 heterocycles. The van der Waals surface area contributed by atoms with Crippen LogP contribution in [0.1, 0.15) is 32.0 Å². The Morgan fingerprint density at radius 3 is 2.38 bits per heavy atom. The van der Waals surface area contributed by atoms with Crippen molar-refractivity contribution in [3.63, 3.8) is 0 Å². The second-order valence-electron chi connectivity index (χ2n) is 5.29. The number of carboxylic acid groups (broad SMARTS) is 1. The van der Waals surface area contributed by atoms with Gasteiger partial charge in [0.25, 0.3) is 5.69 Å². The van der Waals surface area contributed by atoms with E-state index in [2.05, 4.69) is 4.74 Å². The first-order chi connectivity index (χ1) is 9.59. The third-order valence-corrected chi connectivity index (χ3v) is 2.79. The molecule has 0 unspecified atom stereocenters. The summed E-state index contributed by atoms with van der Waals surface area (Å²) < 4.78 is 5.11.